The smallest absolute Gasteiger partial charge is 0.309 e. The molecule has 0 aliphatic heterocycles. The van der Waals surface area contributed by atoms with Crippen molar-refractivity contribution >= 4 is 5.97 Å². The highest BCUT2D eigenvalue weighted by atomic mass is 16.4. The van der Waals surface area contributed by atoms with E-state index < -0.39 is 5.97 Å². The van der Waals surface area contributed by atoms with Gasteiger partial charge in [-0.15, -0.1) is 0 Å². The number of carboxylic acids is 1. The summed E-state index contributed by atoms with van der Waals surface area (Å²) >= 11 is 0. The van der Waals surface area contributed by atoms with E-state index in [0.29, 0.717) is 5.92 Å². The van der Waals surface area contributed by atoms with Gasteiger partial charge in [-0.2, -0.15) is 0 Å². The maximum atomic E-state index is 11.0. The Morgan fingerprint density at radius 2 is 2.36 bits per heavy atom. The number of carboxylic acid groups (broad SMARTS) is 1. The van der Waals surface area contributed by atoms with E-state index in [9.17, 15) is 4.79 Å². The van der Waals surface area contributed by atoms with Gasteiger partial charge in [-0.1, -0.05) is 20.3 Å². The lowest BCUT2D eigenvalue weighted by atomic mass is 9.77. The normalized spacial score (nSPS) is 37.5. The zero-order valence-corrected chi connectivity index (χ0v) is 7.26. The Bertz CT molecular complexity index is 165. The first-order valence-corrected chi connectivity index (χ1v) is 4.37. The highest BCUT2D eigenvalue weighted by Gasteiger charge is 2.45. The van der Waals surface area contributed by atoms with Crippen molar-refractivity contribution in [3.8, 4) is 0 Å². The quantitative estimate of drug-likeness (QED) is 0.666. The molecule has 0 heterocycles. The van der Waals surface area contributed by atoms with Crippen LogP contribution < -0.4 is 0 Å². The van der Waals surface area contributed by atoms with Gasteiger partial charge in [0.2, 0.25) is 0 Å². The summed E-state index contributed by atoms with van der Waals surface area (Å²) in [6.07, 6.45) is 3.82. The Morgan fingerprint density at radius 3 is 2.55 bits per heavy atom. The molecule has 64 valence electrons. The summed E-state index contributed by atoms with van der Waals surface area (Å²) in [5, 5.41) is 9.03. The number of rotatable bonds is 2. The van der Waals surface area contributed by atoms with Gasteiger partial charge < -0.3 is 5.11 Å². The van der Waals surface area contributed by atoms with Crippen LogP contribution in [0.1, 0.15) is 39.5 Å². The summed E-state index contributed by atoms with van der Waals surface area (Å²) in [7, 11) is 0. The maximum absolute atomic E-state index is 11.0. The molecule has 2 nitrogen and oxygen atoms in total. The van der Waals surface area contributed by atoms with Crippen molar-refractivity contribution in [2.45, 2.75) is 39.5 Å². The third-order valence-electron chi connectivity index (χ3n) is 3.26. The fourth-order valence-electron chi connectivity index (χ4n) is 2.24. The molecule has 0 amide bonds. The largest absolute Gasteiger partial charge is 0.481 e. The van der Waals surface area contributed by atoms with Gasteiger partial charge >= 0.3 is 5.97 Å². The number of hydrogen-bond acceptors (Lipinski definition) is 1. The lowest BCUT2D eigenvalue weighted by molar-refractivity contribution is -0.151. The summed E-state index contributed by atoms with van der Waals surface area (Å²) in [5.74, 6) is -0.227. The van der Waals surface area contributed by atoms with Crippen LogP contribution in [0.15, 0.2) is 0 Å². The monoisotopic (exact) mass is 156 g/mol. The minimum Gasteiger partial charge on any atom is -0.481 e. The molecule has 1 saturated carbocycles. The summed E-state index contributed by atoms with van der Waals surface area (Å²) < 4.78 is 0. The summed E-state index contributed by atoms with van der Waals surface area (Å²) in [5.41, 5.74) is -0.389. The minimum atomic E-state index is -0.593. The first-order chi connectivity index (χ1) is 5.13. The Kier molecular flexibility index (Phi) is 2.21. The van der Waals surface area contributed by atoms with Gasteiger partial charge in [0.05, 0.1) is 5.41 Å². The van der Waals surface area contributed by atoms with Crippen LogP contribution in [0.25, 0.3) is 0 Å². The van der Waals surface area contributed by atoms with Crippen molar-refractivity contribution in [2.24, 2.45) is 11.3 Å². The Labute approximate surface area is 67.6 Å². The number of carbonyl (C=O) groups is 1. The van der Waals surface area contributed by atoms with Gasteiger partial charge in [0.1, 0.15) is 0 Å². The van der Waals surface area contributed by atoms with Crippen molar-refractivity contribution in [3.63, 3.8) is 0 Å². The third kappa shape index (κ3) is 1.15. The molecule has 2 atom stereocenters. The first kappa shape index (κ1) is 8.57. The van der Waals surface area contributed by atoms with Gasteiger partial charge in [0.25, 0.3) is 0 Å². The van der Waals surface area contributed by atoms with E-state index in [0.717, 1.165) is 25.7 Å². The van der Waals surface area contributed by atoms with Crippen LogP contribution in [-0.2, 0) is 4.79 Å². The fourth-order valence-corrected chi connectivity index (χ4v) is 2.24. The number of aliphatic carboxylic acids is 1. The molecule has 0 radical (unpaired) electrons. The molecule has 2 unspecified atom stereocenters. The molecule has 1 aliphatic carbocycles. The van der Waals surface area contributed by atoms with Gasteiger partial charge in [0, 0.05) is 0 Å². The lowest BCUT2D eigenvalue weighted by Crippen LogP contribution is -2.32. The lowest BCUT2D eigenvalue weighted by Gasteiger charge is -2.27. The zero-order valence-electron chi connectivity index (χ0n) is 7.26. The standard InChI is InChI=1S/C9H16O2/c1-3-9(8(10)11)6-4-5-7(9)2/h7H,3-6H2,1-2H3,(H,10,11). The van der Waals surface area contributed by atoms with Crippen LogP contribution in [0.4, 0.5) is 0 Å². The molecule has 0 spiro atoms. The van der Waals surface area contributed by atoms with Crippen LogP contribution >= 0.6 is 0 Å². The van der Waals surface area contributed by atoms with E-state index in [-0.39, 0.29) is 5.41 Å². The van der Waals surface area contributed by atoms with Crippen molar-refractivity contribution in [1.29, 1.82) is 0 Å². The molecule has 0 aromatic heterocycles. The highest BCUT2D eigenvalue weighted by Crippen LogP contribution is 2.45. The molecule has 0 bridgehead atoms. The van der Waals surface area contributed by atoms with Crippen LogP contribution in [0.3, 0.4) is 0 Å². The topological polar surface area (TPSA) is 37.3 Å². The molecule has 11 heavy (non-hydrogen) atoms. The van der Waals surface area contributed by atoms with Crippen molar-refractivity contribution < 1.29 is 9.90 Å². The molecule has 2 heteroatoms. The summed E-state index contributed by atoms with van der Waals surface area (Å²) in [6.45, 7) is 4.04. The molecule has 0 aromatic carbocycles. The van der Waals surface area contributed by atoms with Crippen LogP contribution in [-0.4, -0.2) is 11.1 Å². The second-order valence-electron chi connectivity index (χ2n) is 3.61. The molecule has 0 aromatic rings. The summed E-state index contributed by atoms with van der Waals surface area (Å²) in [4.78, 5) is 11.0. The minimum absolute atomic E-state index is 0.366. The third-order valence-corrected chi connectivity index (χ3v) is 3.26. The van der Waals surface area contributed by atoms with E-state index in [1.165, 1.54) is 0 Å². The van der Waals surface area contributed by atoms with Gasteiger partial charge in [0.15, 0.2) is 0 Å². The van der Waals surface area contributed by atoms with Gasteiger partial charge in [-0.25, -0.2) is 0 Å². The molecule has 1 aliphatic rings. The maximum Gasteiger partial charge on any atom is 0.309 e. The molecular formula is C9H16O2. The summed E-state index contributed by atoms with van der Waals surface area (Å²) in [6, 6.07) is 0. The van der Waals surface area contributed by atoms with Crippen LogP contribution in [0, 0.1) is 11.3 Å². The van der Waals surface area contributed by atoms with Crippen molar-refractivity contribution in [3.05, 3.63) is 0 Å². The predicted molar refractivity (Wildman–Crippen MR) is 43.4 cm³/mol. The molecule has 1 N–H and O–H groups in total. The molecule has 1 fully saturated rings. The Hall–Kier alpha value is -0.530. The predicted octanol–water partition coefficient (Wildman–Crippen LogP) is 2.29. The van der Waals surface area contributed by atoms with E-state index in [1.54, 1.807) is 0 Å². The van der Waals surface area contributed by atoms with Crippen LogP contribution in [0.5, 0.6) is 0 Å². The SMILES string of the molecule is CCC1(C(=O)O)CCCC1C. The average Bonchev–Trinajstić information content (AvgIpc) is 2.32. The number of hydrogen-bond donors (Lipinski definition) is 1. The second-order valence-corrected chi connectivity index (χ2v) is 3.61. The van der Waals surface area contributed by atoms with E-state index in [4.69, 9.17) is 5.11 Å². The Balaban J connectivity index is 2.82. The van der Waals surface area contributed by atoms with Crippen LogP contribution in [0.2, 0.25) is 0 Å². The Morgan fingerprint density at radius 1 is 1.73 bits per heavy atom. The van der Waals surface area contributed by atoms with Gasteiger partial charge in [-0.05, 0) is 25.2 Å². The van der Waals surface area contributed by atoms with Crippen molar-refractivity contribution in [2.75, 3.05) is 0 Å². The molecular weight excluding hydrogens is 140 g/mol. The molecule has 1 rings (SSSR count). The fraction of sp³-hybridized carbons (Fsp3) is 0.889. The van der Waals surface area contributed by atoms with Gasteiger partial charge in [-0.3, -0.25) is 4.79 Å². The average molecular weight is 156 g/mol. The second kappa shape index (κ2) is 2.84. The first-order valence-electron chi connectivity index (χ1n) is 4.37. The van der Waals surface area contributed by atoms with E-state index in [2.05, 4.69) is 6.92 Å². The molecule has 0 saturated heterocycles. The van der Waals surface area contributed by atoms with Crippen molar-refractivity contribution in [1.82, 2.24) is 0 Å². The zero-order chi connectivity index (χ0) is 8.48. The van der Waals surface area contributed by atoms with E-state index in [1.807, 2.05) is 6.92 Å². The van der Waals surface area contributed by atoms with E-state index >= 15 is 0 Å². The highest BCUT2D eigenvalue weighted by molar-refractivity contribution is 5.75.